The van der Waals surface area contributed by atoms with Crippen LogP contribution in [0.2, 0.25) is 0 Å². The molecule has 0 atom stereocenters. The van der Waals surface area contributed by atoms with Crippen LogP contribution in [0.1, 0.15) is 60.9 Å². The predicted octanol–water partition coefficient (Wildman–Crippen LogP) is 4.95. The molecule has 2 fully saturated rings. The van der Waals surface area contributed by atoms with E-state index in [9.17, 15) is 18.4 Å². The van der Waals surface area contributed by atoms with Gasteiger partial charge in [-0.1, -0.05) is 18.6 Å². The van der Waals surface area contributed by atoms with E-state index in [0.29, 0.717) is 17.6 Å². The number of nitrogens with two attached hydrogens (primary N) is 1. The summed E-state index contributed by atoms with van der Waals surface area (Å²) in [6.45, 7) is 3.33. The number of carbonyl (C=O) groups excluding carboxylic acids is 2. The van der Waals surface area contributed by atoms with Crippen molar-refractivity contribution in [3.05, 3.63) is 65.2 Å². The lowest BCUT2D eigenvalue weighted by Gasteiger charge is -2.26. The molecule has 1 aliphatic heterocycles. The second-order valence-corrected chi connectivity index (χ2v) is 9.25. The van der Waals surface area contributed by atoms with Crippen LogP contribution >= 0.6 is 0 Å². The molecule has 2 aromatic rings. The van der Waals surface area contributed by atoms with Gasteiger partial charge in [0.1, 0.15) is 6.29 Å². The average molecular weight is 472 g/mol. The third-order valence-corrected chi connectivity index (χ3v) is 6.54. The minimum absolute atomic E-state index is 0.0950. The normalized spacial score (nSPS) is 20.7. The van der Waals surface area contributed by atoms with Crippen LogP contribution < -0.4 is 11.1 Å². The van der Waals surface area contributed by atoms with Crippen LogP contribution in [0, 0.1) is 17.6 Å². The van der Waals surface area contributed by atoms with E-state index < -0.39 is 17.5 Å². The van der Waals surface area contributed by atoms with Crippen LogP contribution in [0.5, 0.6) is 0 Å². The number of amides is 1. The van der Waals surface area contributed by atoms with Gasteiger partial charge in [0.2, 0.25) is 0 Å². The van der Waals surface area contributed by atoms with E-state index in [2.05, 4.69) is 10.2 Å². The van der Waals surface area contributed by atoms with Gasteiger partial charge < -0.3 is 20.7 Å². The molecule has 4 rings (SSSR count). The quantitative estimate of drug-likeness (QED) is 0.585. The number of hydrogen-bond donors (Lipinski definition) is 2. The van der Waals surface area contributed by atoms with Gasteiger partial charge in [0.05, 0.1) is 0 Å². The third kappa shape index (κ3) is 8.29. The summed E-state index contributed by atoms with van der Waals surface area (Å²) < 4.78 is 26.2. The van der Waals surface area contributed by atoms with Crippen molar-refractivity contribution in [2.24, 2.45) is 11.7 Å². The van der Waals surface area contributed by atoms with Gasteiger partial charge in [0, 0.05) is 29.8 Å². The Bertz CT molecular complexity index is 939. The maximum Gasteiger partial charge on any atom is 0.255 e. The second-order valence-electron chi connectivity index (χ2n) is 9.25. The number of rotatable bonds is 6. The van der Waals surface area contributed by atoms with E-state index in [1.165, 1.54) is 25.3 Å². The summed E-state index contributed by atoms with van der Waals surface area (Å²) in [5.41, 5.74) is 7.54. The number of halogens is 2. The molecule has 184 valence electrons. The molecule has 1 heterocycles. The molecule has 1 saturated heterocycles. The van der Waals surface area contributed by atoms with Crippen LogP contribution in [0.4, 0.5) is 14.5 Å². The Hall–Kier alpha value is -2.64. The first-order valence-corrected chi connectivity index (χ1v) is 12.2. The highest BCUT2D eigenvalue weighted by Crippen LogP contribution is 2.20. The monoisotopic (exact) mass is 471 g/mol. The van der Waals surface area contributed by atoms with E-state index in [1.54, 1.807) is 6.07 Å². The lowest BCUT2D eigenvalue weighted by molar-refractivity contribution is -0.111. The maximum atomic E-state index is 13.3. The molecule has 0 aromatic heterocycles. The van der Waals surface area contributed by atoms with Gasteiger partial charge in [0.25, 0.3) is 5.91 Å². The Morgan fingerprint density at radius 3 is 2.41 bits per heavy atom. The Balaban J connectivity index is 0.000000302. The zero-order valence-electron chi connectivity index (χ0n) is 19.6. The molecule has 0 radical (unpaired) electrons. The molecule has 0 spiro atoms. The van der Waals surface area contributed by atoms with E-state index in [-0.39, 0.29) is 5.56 Å². The van der Waals surface area contributed by atoms with Crippen molar-refractivity contribution in [3.8, 4) is 0 Å². The lowest BCUT2D eigenvalue weighted by Crippen LogP contribution is -2.31. The highest BCUT2D eigenvalue weighted by Gasteiger charge is 2.17. The smallest absolute Gasteiger partial charge is 0.255 e. The highest BCUT2D eigenvalue weighted by molar-refractivity contribution is 6.04. The first-order chi connectivity index (χ1) is 16.4. The summed E-state index contributed by atoms with van der Waals surface area (Å²) in [7, 11) is 0. The van der Waals surface area contributed by atoms with Crippen molar-refractivity contribution in [2.45, 2.75) is 57.4 Å². The second kappa shape index (κ2) is 13.3. The number of nitrogens with zero attached hydrogens (tertiary/aromatic N) is 1. The van der Waals surface area contributed by atoms with Gasteiger partial charge in [-0.25, -0.2) is 8.78 Å². The number of aldehydes is 1. The number of piperidine rings is 1. The average Bonchev–Trinajstić information content (AvgIpc) is 2.86. The van der Waals surface area contributed by atoms with Gasteiger partial charge in [-0.05, 0) is 93.9 Å². The summed E-state index contributed by atoms with van der Waals surface area (Å²) in [5.74, 6) is -2.13. The van der Waals surface area contributed by atoms with E-state index >= 15 is 0 Å². The van der Waals surface area contributed by atoms with Crippen molar-refractivity contribution in [1.82, 2.24) is 4.90 Å². The van der Waals surface area contributed by atoms with E-state index in [1.807, 2.05) is 18.2 Å². The number of anilines is 1. The van der Waals surface area contributed by atoms with Crippen LogP contribution in [0.3, 0.4) is 0 Å². The molecule has 7 heteroatoms. The Kier molecular flexibility index (Phi) is 10.2. The topological polar surface area (TPSA) is 75.4 Å². The molecule has 2 aromatic carbocycles. The summed E-state index contributed by atoms with van der Waals surface area (Å²) in [5, 5.41) is 2.74. The van der Waals surface area contributed by atoms with E-state index in [0.717, 1.165) is 75.7 Å². The molecule has 2 aliphatic rings. The SMILES string of the molecule is NC1CCC(C=O)CC1.O=C(Nc1cccc(CCN2CCCCC2)c1)c1ccc(F)c(F)c1. The standard InChI is InChI=1S/C20H22F2N2O.C7H13NO/c21-18-8-7-16(14-19(18)22)20(25)23-17-6-4-5-15(13-17)9-12-24-10-2-1-3-11-24;8-7-3-1-6(5-9)2-4-7/h4-8,13-14H,1-3,9-12H2,(H,23,25);5-7H,1-4,8H2. The molecule has 0 bridgehead atoms. The molecule has 5 nitrogen and oxygen atoms in total. The number of hydrogen-bond acceptors (Lipinski definition) is 4. The van der Waals surface area contributed by atoms with Crippen LogP contribution in [-0.2, 0) is 11.2 Å². The molecule has 1 amide bonds. The molecule has 1 aliphatic carbocycles. The van der Waals surface area contributed by atoms with Crippen LogP contribution in [0.15, 0.2) is 42.5 Å². The highest BCUT2D eigenvalue weighted by atomic mass is 19.2. The van der Waals surface area contributed by atoms with Gasteiger partial charge in [0.15, 0.2) is 11.6 Å². The van der Waals surface area contributed by atoms with Gasteiger partial charge in [-0.15, -0.1) is 0 Å². The van der Waals surface area contributed by atoms with Crippen LogP contribution in [0.25, 0.3) is 0 Å². The molecule has 3 N–H and O–H groups in total. The molecule has 0 unspecified atom stereocenters. The number of likely N-dealkylation sites (tertiary alicyclic amines) is 1. The summed E-state index contributed by atoms with van der Waals surface area (Å²) in [6.07, 6.45) is 9.92. The van der Waals surface area contributed by atoms with Crippen molar-refractivity contribution in [3.63, 3.8) is 0 Å². The fourth-order valence-corrected chi connectivity index (χ4v) is 4.40. The number of nitrogens with one attached hydrogen (secondary N) is 1. The minimum atomic E-state index is -1.03. The molecule has 1 saturated carbocycles. The zero-order valence-corrected chi connectivity index (χ0v) is 19.6. The van der Waals surface area contributed by atoms with E-state index in [4.69, 9.17) is 5.73 Å². The molecular weight excluding hydrogens is 436 g/mol. The van der Waals surface area contributed by atoms with Crippen molar-refractivity contribution >= 4 is 17.9 Å². The number of carbonyl (C=O) groups is 2. The van der Waals surface area contributed by atoms with Crippen molar-refractivity contribution in [1.29, 1.82) is 0 Å². The lowest BCUT2D eigenvalue weighted by atomic mass is 9.88. The zero-order chi connectivity index (χ0) is 24.3. The maximum absolute atomic E-state index is 13.3. The molecular formula is C27H35F2N3O2. The summed E-state index contributed by atoms with van der Waals surface area (Å²) >= 11 is 0. The fourth-order valence-electron chi connectivity index (χ4n) is 4.40. The first kappa shape index (κ1) is 26.0. The van der Waals surface area contributed by atoms with Gasteiger partial charge in [-0.2, -0.15) is 0 Å². The van der Waals surface area contributed by atoms with Crippen molar-refractivity contribution in [2.75, 3.05) is 25.0 Å². The van der Waals surface area contributed by atoms with Gasteiger partial charge in [-0.3, -0.25) is 4.79 Å². The number of benzene rings is 2. The summed E-state index contributed by atoms with van der Waals surface area (Å²) in [4.78, 5) is 24.9. The fraction of sp³-hybridized carbons (Fsp3) is 0.481. The largest absolute Gasteiger partial charge is 0.328 e. The third-order valence-electron chi connectivity index (χ3n) is 6.54. The van der Waals surface area contributed by atoms with Gasteiger partial charge >= 0.3 is 0 Å². The Labute approximate surface area is 200 Å². The Morgan fingerprint density at radius 2 is 1.74 bits per heavy atom. The molecule has 34 heavy (non-hydrogen) atoms. The van der Waals surface area contributed by atoms with Crippen LogP contribution in [-0.4, -0.2) is 42.8 Å². The summed E-state index contributed by atoms with van der Waals surface area (Å²) in [6, 6.07) is 11.2. The van der Waals surface area contributed by atoms with Crippen molar-refractivity contribution < 1.29 is 18.4 Å². The first-order valence-electron chi connectivity index (χ1n) is 12.2. The predicted molar refractivity (Wildman–Crippen MR) is 131 cm³/mol. The minimum Gasteiger partial charge on any atom is -0.328 e. The Morgan fingerprint density at radius 1 is 1.00 bits per heavy atom.